The maximum atomic E-state index is 11.2. The Bertz CT molecular complexity index is 1120. The lowest BCUT2D eigenvalue weighted by molar-refractivity contribution is 0.209. The lowest BCUT2D eigenvalue weighted by Gasteiger charge is -2.18. The SMILES string of the molecule is COc1ccc(C(O)c2cc3cc(OC)ccc3cc2OCc2ccccc2)cc1. The molecule has 0 fully saturated rings. The van der Waals surface area contributed by atoms with E-state index in [9.17, 15) is 5.11 Å². The molecule has 0 heterocycles. The second-order valence-electron chi connectivity index (χ2n) is 7.05. The van der Waals surface area contributed by atoms with E-state index in [1.165, 1.54) is 0 Å². The number of rotatable bonds is 7. The Hall–Kier alpha value is -3.50. The minimum absolute atomic E-state index is 0.421. The third kappa shape index (κ3) is 4.24. The molecule has 1 N–H and O–H groups in total. The summed E-state index contributed by atoms with van der Waals surface area (Å²) in [5, 5.41) is 13.2. The van der Waals surface area contributed by atoms with Crippen molar-refractivity contribution in [1.29, 1.82) is 0 Å². The van der Waals surface area contributed by atoms with Crippen molar-refractivity contribution in [3.63, 3.8) is 0 Å². The highest BCUT2D eigenvalue weighted by Gasteiger charge is 2.18. The van der Waals surface area contributed by atoms with E-state index < -0.39 is 6.10 Å². The smallest absolute Gasteiger partial charge is 0.126 e. The van der Waals surface area contributed by atoms with Crippen LogP contribution in [0.25, 0.3) is 10.8 Å². The highest BCUT2D eigenvalue weighted by atomic mass is 16.5. The number of ether oxygens (including phenoxy) is 3. The van der Waals surface area contributed by atoms with Gasteiger partial charge < -0.3 is 19.3 Å². The van der Waals surface area contributed by atoms with Crippen LogP contribution in [0.2, 0.25) is 0 Å². The Morgan fingerprint density at radius 2 is 1.43 bits per heavy atom. The molecule has 152 valence electrons. The largest absolute Gasteiger partial charge is 0.497 e. The summed E-state index contributed by atoms with van der Waals surface area (Å²) < 4.78 is 16.7. The second-order valence-corrected chi connectivity index (χ2v) is 7.05. The van der Waals surface area contributed by atoms with Crippen LogP contribution in [0.4, 0.5) is 0 Å². The van der Waals surface area contributed by atoms with Crippen molar-refractivity contribution in [1.82, 2.24) is 0 Å². The number of hydrogen-bond donors (Lipinski definition) is 1. The van der Waals surface area contributed by atoms with Gasteiger partial charge in [0.25, 0.3) is 0 Å². The minimum Gasteiger partial charge on any atom is -0.497 e. The van der Waals surface area contributed by atoms with Gasteiger partial charge in [0.2, 0.25) is 0 Å². The highest BCUT2D eigenvalue weighted by Crippen LogP contribution is 2.36. The molecule has 0 aromatic heterocycles. The van der Waals surface area contributed by atoms with Crippen LogP contribution in [0.15, 0.2) is 84.9 Å². The molecule has 0 aliphatic rings. The normalized spacial score (nSPS) is 11.8. The molecule has 0 saturated carbocycles. The summed E-state index contributed by atoms with van der Waals surface area (Å²) in [7, 11) is 3.27. The van der Waals surface area contributed by atoms with Crippen molar-refractivity contribution < 1.29 is 19.3 Å². The number of aliphatic hydroxyl groups is 1. The van der Waals surface area contributed by atoms with Crippen LogP contribution >= 0.6 is 0 Å². The van der Waals surface area contributed by atoms with Gasteiger partial charge in [0.05, 0.1) is 14.2 Å². The standard InChI is InChI=1S/C26H24O4/c1-28-22-11-8-19(9-12-22)26(27)24-15-21-14-23(29-2)13-10-20(21)16-25(24)30-17-18-6-4-3-5-7-18/h3-16,26-27H,17H2,1-2H3. The van der Waals surface area contributed by atoms with Crippen molar-refractivity contribution >= 4 is 10.8 Å². The first-order chi connectivity index (χ1) is 14.7. The van der Waals surface area contributed by atoms with Crippen molar-refractivity contribution in [2.24, 2.45) is 0 Å². The molecule has 0 aliphatic carbocycles. The molecule has 4 aromatic rings. The average Bonchev–Trinajstić information content (AvgIpc) is 2.82. The molecule has 30 heavy (non-hydrogen) atoms. The minimum atomic E-state index is -0.836. The molecule has 0 radical (unpaired) electrons. The van der Waals surface area contributed by atoms with Crippen LogP contribution in [0.5, 0.6) is 17.2 Å². The number of hydrogen-bond acceptors (Lipinski definition) is 4. The van der Waals surface area contributed by atoms with Gasteiger partial charge in [0.15, 0.2) is 0 Å². The summed E-state index contributed by atoms with van der Waals surface area (Å²) >= 11 is 0. The van der Waals surface area contributed by atoms with Gasteiger partial charge >= 0.3 is 0 Å². The molecule has 0 spiro atoms. The fourth-order valence-electron chi connectivity index (χ4n) is 3.44. The monoisotopic (exact) mass is 400 g/mol. The van der Waals surface area contributed by atoms with Crippen LogP contribution in [0.3, 0.4) is 0 Å². The van der Waals surface area contributed by atoms with Crippen LogP contribution in [-0.4, -0.2) is 19.3 Å². The van der Waals surface area contributed by atoms with E-state index in [4.69, 9.17) is 14.2 Å². The number of aliphatic hydroxyl groups excluding tert-OH is 1. The lowest BCUT2D eigenvalue weighted by atomic mass is 9.97. The van der Waals surface area contributed by atoms with E-state index >= 15 is 0 Å². The van der Waals surface area contributed by atoms with Gasteiger partial charge in [0, 0.05) is 5.56 Å². The first-order valence-corrected chi connectivity index (χ1v) is 9.78. The van der Waals surface area contributed by atoms with Crippen LogP contribution < -0.4 is 14.2 Å². The Balaban J connectivity index is 1.74. The Morgan fingerprint density at radius 1 is 0.733 bits per heavy atom. The fourth-order valence-corrected chi connectivity index (χ4v) is 3.44. The van der Waals surface area contributed by atoms with Gasteiger partial charge in [-0.15, -0.1) is 0 Å². The average molecular weight is 400 g/mol. The molecule has 0 amide bonds. The summed E-state index contributed by atoms with van der Waals surface area (Å²) in [6, 6.07) is 27.2. The fraction of sp³-hybridized carbons (Fsp3) is 0.154. The van der Waals surface area contributed by atoms with Gasteiger partial charge in [-0.25, -0.2) is 0 Å². The third-order valence-corrected chi connectivity index (χ3v) is 5.14. The third-order valence-electron chi connectivity index (χ3n) is 5.14. The van der Waals surface area contributed by atoms with E-state index in [-0.39, 0.29) is 0 Å². The van der Waals surface area contributed by atoms with Crippen LogP contribution in [0, 0.1) is 0 Å². The van der Waals surface area contributed by atoms with Gasteiger partial charge in [-0.3, -0.25) is 0 Å². The zero-order valence-corrected chi connectivity index (χ0v) is 17.0. The van der Waals surface area contributed by atoms with E-state index in [0.29, 0.717) is 17.9 Å². The molecule has 4 heteroatoms. The Kier molecular flexibility index (Phi) is 5.87. The molecule has 1 atom stereocenters. The molecule has 1 unspecified atom stereocenters. The van der Waals surface area contributed by atoms with Crippen molar-refractivity contribution in [3.05, 3.63) is 102 Å². The summed E-state index contributed by atoms with van der Waals surface area (Å²) in [5.74, 6) is 2.17. The molecule has 4 nitrogen and oxygen atoms in total. The predicted octanol–water partition coefficient (Wildman–Crippen LogP) is 5.52. The first-order valence-electron chi connectivity index (χ1n) is 9.78. The summed E-state index contributed by atoms with van der Waals surface area (Å²) in [6.45, 7) is 0.421. The van der Waals surface area contributed by atoms with Crippen LogP contribution in [0.1, 0.15) is 22.8 Å². The maximum Gasteiger partial charge on any atom is 0.126 e. The van der Waals surface area contributed by atoms with E-state index in [0.717, 1.165) is 33.4 Å². The van der Waals surface area contributed by atoms with Gasteiger partial charge in [0.1, 0.15) is 30.0 Å². The zero-order valence-electron chi connectivity index (χ0n) is 17.0. The molecular formula is C26H24O4. The molecule has 0 bridgehead atoms. The van der Waals surface area contributed by atoms with Crippen LogP contribution in [-0.2, 0) is 6.61 Å². The Labute approximate surface area is 176 Å². The van der Waals surface area contributed by atoms with Crippen molar-refractivity contribution in [2.45, 2.75) is 12.7 Å². The van der Waals surface area contributed by atoms with Gasteiger partial charge in [-0.05, 0) is 58.3 Å². The van der Waals surface area contributed by atoms with Gasteiger partial charge in [-0.1, -0.05) is 48.5 Å². The Morgan fingerprint density at radius 3 is 2.13 bits per heavy atom. The lowest BCUT2D eigenvalue weighted by Crippen LogP contribution is -2.05. The number of methoxy groups -OCH3 is 2. The first kappa shape index (κ1) is 19.8. The van der Waals surface area contributed by atoms with E-state index in [1.807, 2.05) is 84.9 Å². The van der Waals surface area contributed by atoms with E-state index in [1.54, 1.807) is 14.2 Å². The quantitative estimate of drug-likeness (QED) is 0.444. The molecular weight excluding hydrogens is 376 g/mol. The maximum absolute atomic E-state index is 11.2. The highest BCUT2D eigenvalue weighted by molar-refractivity contribution is 5.86. The van der Waals surface area contributed by atoms with Gasteiger partial charge in [-0.2, -0.15) is 0 Å². The summed E-state index contributed by atoms with van der Waals surface area (Å²) in [4.78, 5) is 0. The number of fused-ring (bicyclic) bond motifs is 1. The summed E-state index contributed by atoms with van der Waals surface area (Å²) in [6.07, 6.45) is -0.836. The second kappa shape index (κ2) is 8.89. The molecule has 4 aromatic carbocycles. The van der Waals surface area contributed by atoms with E-state index in [2.05, 4.69) is 0 Å². The zero-order chi connectivity index (χ0) is 20.9. The molecule has 0 saturated heterocycles. The summed E-state index contributed by atoms with van der Waals surface area (Å²) in [5.41, 5.74) is 2.54. The van der Waals surface area contributed by atoms with Crippen molar-refractivity contribution in [2.75, 3.05) is 14.2 Å². The number of benzene rings is 4. The molecule has 4 rings (SSSR count). The molecule has 0 aliphatic heterocycles. The topological polar surface area (TPSA) is 47.9 Å². The van der Waals surface area contributed by atoms with Crippen molar-refractivity contribution in [3.8, 4) is 17.2 Å². The predicted molar refractivity (Wildman–Crippen MR) is 118 cm³/mol.